The summed E-state index contributed by atoms with van der Waals surface area (Å²) in [5.74, 6) is 0.307. The van der Waals surface area contributed by atoms with Crippen molar-refractivity contribution >= 4 is 0 Å². The molecule has 0 saturated carbocycles. The van der Waals surface area contributed by atoms with E-state index in [1.165, 1.54) is 10.8 Å². The molecule has 0 saturated heterocycles. The Bertz CT molecular complexity index is 1630. The third-order valence-electron chi connectivity index (χ3n) is 6.71. The molecule has 0 atom stereocenters. The van der Waals surface area contributed by atoms with E-state index >= 15 is 0 Å². The Hall–Kier alpha value is -4.48. The third-order valence-corrected chi connectivity index (χ3v) is 6.71. The predicted octanol–water partition coefficient (Wildman–Crippen LogP) is 5.11. The molecular formula is C27H27F3N8O. The first kappa shape index (κ1) is 26.1. The number of nitrogens with one attached hydrogen (secondary N) is 1. The summed E-state index contributed by atoms with van der Waals surface area (Å²) in [4.78, 5) is 18.1. The molecule has 12 heteroatoms. The van der Waals surface area contributed by atoms with Crippen LogP contribution in [0.4, 0.5) is 13.2 Å². The van der Waals surface area contributed by atoms with Crippen molar-refractivity contribution in [2.24, 2.45) is 0 Å². The van der Waals surface area contributed by atoms with Crippen LogP contribution in [0.1, 0.15) is 43.5 Å². The normalized spacial score (nSPS) is 11.8. The van der Waals surface area contributed by atoms with Gasteiger partial charge in [0.1, 0.15) is 5.82 Å². The maximum absolute atomic E-state index is 13.9. The lowest BCUT2D eigenvalue weighted by Gasteiger charge is -2.14. The van der Waals surface area contributed by atoms with Gasteiger partial charge in [0.05, 0.1) is 12.1 Å². The Morgan fingerprint density at radius 1 is 1.03 bits per heavy atom. The third kappa shape index (κ3) is 5.01. The lowest BCUT2D eigenvalue weighted by atomic mass is 9.96. The van der Waals surface area contributed by atoms with Crippen LogP contribution in [0.3, 0.4) is 0 Å². The maximum Gasteiger partial charge on any atom is 0.419 e. The molecule has 5 aromatic rings. The van der Waals surface area contributed by atoms with Crippen LogP contribution in [-0.4, -0.2) is 39.3 Å². The van der Waals surface area contributed by atoms with Gasteiger partial charge in [0.25, 0.3) is 0 Å². The van der Waals surface area contributed by atoms with Crippen molar-refractivity contribution in [1.29, 1.82) is 0 Å². The molecule has 4 aromatic heterocycles. The Balaban J connectivity index is 1.65. The number of pyridine rings is 1. The van der Waals surface area contributed by atoms with Crippen LogP contribution in [-0.2, 0) is 25.7 Å². The fraction of sp³-hybridized carbons (Fsp3) is 0.296. The molecule has 39 heavy (non-hydrogen) atoms. The molecule has 202 valence electrons. The molecule has 0 aliphatic rings. The van der Waals surface area contributed by atoms with E-state index in [1.807, 2.05) is 37.3 Å². The van der Waals surface area contributed by atoms with Gasteiger partial charge in [-0.25, -0.2) is 9.89 Å². The molecule has 0 aliphatic carbocycles. The van der Waals surface area contributed by atoms with Crippen LogP contribution >= 0.6 is 0 Å². The van der Waals surface area contributed by atoms with Gasteiger partial charge in [0.2, 0.25) is 0 Å². The van der Waals surface area contributed by atoms with Gasteiger partial charge in [-0.2, -0.15) is 13.2 Å². The highest BCUT2D eigenvalue weighted by molar-refractivity contribution is 5.81. The van der Waals surface area contributed by atoms with E-state index in [0.29, 0.717) is 17.9 Å². The molecule has 0 spiro atoms. The van der Waals surface area contributed by atoms with Crippen LogP contribution < -0.4 is 5.69 Å². The Morgan fingerprint density at radius 2 is 1.82 bits per heavy atom. The van der Waals surface area contributed by atoms with Crippen molar-refractivity contribution in [2.45, 2.75) is 52.4 Å². The molecule has 0 aliphatic heterocycles. The molecule has 1 N–H and O–H groups in total. The van der Waals surface area contributed by atoms with Gasteiger partial charge in [-0.15, -0.1) is 5.10 Å². The van der Waals surface area contributed by atoms with Crippen LogP contribution in [0.2, 0.25) is 0 Å². The number of tetrazole rings is 1. The second kappa shape index (κ2) is 10.7. The van der Waals surface area contributed by atoms with E-state index in [9.17, 15) is 18.0 Å². The van der Waals surface area contributed by atoms with Gasteiger partial charge in [-0.1, -0.05) is 37.6 Å². The van der Waals surface area contributed by atoms with Crippen molar-refractivity contribution in [3.63, 3.8) is 0 Å². The number of halogens is 3. The smallest absolute Gasteiger partial charge is 0.334 e. The standard InChI is InChI=1S/C27H27F3N8O/c1-3-5-8-19-17-38(25-23(27(28,29)30)12-14-36(25)4-2)26(39)37(19)16-18-15-31-13-11-20(18)21-9-6-7-10-22(21)24-32-34-35-33-24/h6-7,9-15,17H,3-5,8,16H2,1-2H3,(H,32,33,34,35). The van der Waals surface area contributed by atoms with E-state index in [2.05, 4.69) is 25.6 Å². The molecule has 1 aromatic carbocycles. The highest BCUT2D eigenvalue weighted by atomic mass is 19.4. The number of hydrogen-bond acceptors (Lipinski definition) is 5. The number of H-pyrrole nitrogens is 1. The molecule has 0 bridgehead atoms. The number of aromatic amines is 1. The fourth-order valence-corrected chi connectivity index (χ4v) is 4.80. The average Bonchev–Trinajstić information content (AvgIpc) is 3.68. The van der Waals surface area contributed by atoms with E-state index in [0.717, 1.165) is 45.7 Å². The zero-order valence-electron chi connectivity index (χ0n) is 21.5. The first-order valence-corrected chi connectivity index (χ1v) is 12.7. The number of alkyl halides is 3. The van der Waals surface area contributed by atoms with Gasteiger partial charge in [-0.05, 0) is 59.0 Å². The van der Waals surface area contributed by atoms with E-state index in [4.69, 9.17) is 0 Å². The minimum absolute atomic E-state index is 0.130. The number of imidazole rings is 1. The molecule has 0 amide bonds. The van der Waals surface area contributed by atoms with E-state index in [1.54, 1.807) is 30.1 Å². The van der Waals surface area contributed by atoms with E-state index < -0.39 is 17.4 Å². The van der Waals surface area contributed by atoms with Gasteiger partial charge < -0.3 is 4.57 Å². The van der Waals surface area contributed by atoms with Crippen LogP contribution in [0.5, 0.6) is 0 Å². The van der Waals surface area contributed by atoms with Gasteiger partial charge in [0, 0.05) is 42.6 Å². The van der Waals surface area contributed by atoms with Crippen LogP contribution in [0.15, 0.2) is 66.0 Å². The largest absolute Gasteiger partial charge is 0.419 e. The minimum atomic E-state index is -4.60. The quantitative estimate of drug-likeness (QED) is 0.282. The van der Waals surface area contributed by atoms with Crippen molar-refractivity contribution < 1.29 is 13.2 Å². The monoisotopic (exact) mass is 536 g/mol. The van der Waals surface area contributed by atoms with Gasteiger partial charge in [0.15, 0.2) is 5.82 Å². The summed E-state index contributed by atoms with van der Waals surface area (Å²) in [5.41, 5.74) is 2.41. The lowest BCUT2D eigenvalue weighted by Crippen LogP contribution is -2.27. The lowest BCUT2D eigenvalue weighted by molar-refractivity contribution is -0.137. The molecule has 0 fully saturated rings. The summed E-state index contributed by atoms with van der Waals surface area (Å²) in [5, 5.41) is 14.2. The number of nitrogens with zero attached hydrogens (tertiary/aromatic N) is 7. The van der Waals surface area contributed by atoms with E-state index in [-0.39, 0.29) is 18.9 Å². The summed E-state index contributed by atoms with van der Waals surface area (Å²) in [6.45, 7) is 4.18. The molecule has 0 unspecified atom stereocenters. The van der Waals surface area contributed by atoms with Crippen molar-refractivity contribution in [3.8, 4) is 28.3 Å². The van der Waals surface area contributed by atoms with Crippen LogP contribution in [0, 0.1) is 0 Å². The molecular weight excluding hydrogens is 509 g/mol. The van der Waals surface area contributed by atoms with Crippen LogP contribution in [0.25, 0.3) is 28.3 Å². The summed E-state index contributed by atoms with van der Waals surface area (Å²) in [7, 11) is 0. The topological polar surface area (TPSA) is 99.2 Å². The fourth-order valence-electron chi connectivity index (χ4n) is 4.80. The zero-order chi connectivity index (χ0) is 27.6. The summed E-state index contributed by atoms with van der Waals surface area (Å²) >= 11 is 0. The summed E-state index contributed by atoms with van der Waals surface area (Å²) in [6, 6.07) is 10.4. The number of unbranched alkanes of at least 4 members (excludes halogenated alkanes) is 1. The average molecular weight is 537 g/mol. The van der Waals surface area contributed by atoms with Crippen molar-refractivity contribution in [1.82, 2.24) is 39.3 Å². The summed E-state index contributed by atoms with van der Waals surface area (Å²) in [6.07, 6.45) is 3.83. The highest BCUT2D eigenvalue weighted by Crippen LogP contribution is 2.35. The van der Waals surface area contributed by atoms with Gasteiger partial charge in [-0.3, -0.25) is 14.1 Å². The highest BCUT2D eigenvalue weighted by Gasteiger charge is 2.37. The molecule has 9 nitrogen and oxygen atoms in total. The number of aromatic nitrogens is 8. The maximum atomic E-state index is 13.9. The Morgan fingerprint density at radius 3 is 2.51 bits per heavy atom. The number of aryl methyl sites for hydroxylation is 2. The zero-order valence-corrected chi connectivity index (χ0v) is 21.5. The number of benzene rings is 1. The minimum Gasteiger partial charge on any atom is -0.334 e. The van der Waals surface area contributed by atoms with Gasteiger partial charge >= 0.3 is 11.9 Å². The second-order valence-electron chi connectivity index (χ2n) is 9.13. The first-order valence-electron chi connectivity index (χ1n) is 12.7. The summed E-state index contributed by atoms with van der Waals surface area (Å²) < 4.78 is 45.8. The second-order valence-corrected chi connectivity index (χ2v) is 9.13. The Kier molecular flexibility index (Phi) is 7.18. The van der Waals surface area contributed by atoms with Crippen molar-refractivity contribution in [2.75, 3.05) is 0 Å². The first-order chi connectivity index (χ1) is 18.8. The predicted molar refractivity (Wildman–Crippen MR) is 139 cm³/mol. The molecule has 5 rings (SSSR count). The molecule has 4 heterocycles. The number of rotatable bonds is 9. The Labute approximate surface area is 221 Å². The SMILES string of the molecule is CCCCc1cn(-c2c(C(F)(F)F)ccn2CC)c(=O)n1Cc1cnccc1-c1ccccc1-c1nnn[nH]1. The molecule has 0 radical (unpaired) electrons. The van der Waals surface area contributed by atoms with Crippen molar-refractivity contribution in [3.05, 3.63) is 88.5 Å². The number of hydrogen-bond donors (Lipinski definition) is 1.